The van der Waals surface area contributed by atoms with E-state index in [2.05, 4.69) is 37.2 Å². The van der Waals surface area contributed by atoms with Gasteiger partial charge in [0.25, 0.3) is 0 Å². The van der Waals surface area contributed by atoms with Gasteiger partial charge in [0, 0.05) is 28.6 Å². The molecule has 0 saturated carbocycles. The first-order valence-corrected chi connectivity index (χ1v) is 9.76. The summed E-state index contributed by atoms with van der Waals surface area (Å²) in [6, 6.07) is 15.9. The lowest BCUT2D eigenvalue weighted by Crippen LogP contribution is -2.50. The fraction of sp³-hybridized carbons (Fsp3) is 0.316. The van der Waals surface area contributed by atoms with Crippen molar-refractivity contribution in [2.24, 2.45) is 16.9 Å². The topological polar surface area (TPSA) is 81.1 Å². The molecular weight excluding hydrogens is 446 g/mol. The summed E-state index contributed by atoms with van der Waals surface area (Å²) < 4.78 is 1.96. The zero-order valence-electron chi connectivity index (χ0n) is 14.0. The number of carbonyl (C=O) groups is 1. The van der Waals surface area contributed by atoms with Crippen LogP contribution in [0.5, 0.6) is 0 Å². The Balaban J connectivity index is 2.40. The molecule has 0 bridgehead atoms. The van der Waals surface area contributed by atoms with Gasteiger partial charge in [0.05, 0.1) is 5.41 Å². The van der Waals surface area contributed by atoms with Gasteiger partial charge in [-0.3, -0.25) is 4.79 Å². The second-order valence-electron chi connectivity index (χ2n) is 6.07. The van der Waals surface area contributed by atoms with Crippen LogP contribution in [0.2, 0.25) is 0 Å². The number of benzene rings is 2. The van der Waals surface area contributed by atoms with Crippen LogP contribution in [0.4, 0.5) is 0 Å². The third-order valence-corrected chi connectivity index (χ3v) is 5.82. The third kappa shape index (κ3) is 5.14. The van der Waals surface area contributed by atoms with E-state index in [4.69, 9.17) is 11.5 Å². The fourth-order valence-electron chi connectivity index (χ4n) is 2.85. The molecular formula is C19H23Br2N3O. The quantitative estimate of drug-likeness (QED) is 0.556. The van der Waals surface area contributed by atoms with Crippen molar-refractivity contribution in [3.8, 4) is 0 Å². The molecule has 0 aliphatic rings. The molecule has 0 heterocycles. The first-order chi connectivity index (χ1) is 12.0. The molecule has 5 N–H and O–H groups in total. The van der Waals surface area contributed by atoms with Crippen molar-refractivity contribution in [2.75, 3.05) is 19.6 Å². The van der Waals surface area contributed by atoms with Gasteiger partial charge in [-0.15, -0.1) is 0 Å². The summed E-state index contributed by atoms with van der Waals surface area (Å²) in [4.78, 5) is 13.0. The highest BCUT2D eigenvalue weighted by Crippen LogP contribution is 2.32. The molecule has 0 fully saturated rings. The lowest BCUT2D eigenvalue weighted by Gasteiger charge is -2.32. The molecule has 2 aromatic carbocycles. The van der Waals surface area contributed by atoms with Crippen molar-refractivity contribution < 1.29 is 4.79 Å². The standard InChI is InChI=1S/C19H23Br2N3O/c20-16-7-3-1-5-14(16)11-19(13-23,18(25)24-10-9-22)12-15-6-2-4-8-17(15)21/h1-8H,9-13,22-23H2,(H,24,25). The minimum Gasteiger partial charge on any atom is -0.354 e. The number of nitrogens with one attached hydrogen (secondary N) is 1. The molecule has 25 heavy (non-hydrogen) atoms. The van der Waals surface area contributed by atoms with Crippen LogP contribution in [0.25, 0.3) is 0 Å². The van der Waals surface area contributed by atoms with Gasteiger partial charge in [-0.25, -0.2) is 0 Å². The molecule has 4 nitrogen and oxygen atoms in total. The van der Waals surface area contributed by atoms with E-state index < -0.39 is 5.41 Å². The highest BCUT2D eigenvalue weighted by atomic mass is 79.9. The van der Waals surface area contributed by atoms with Crippen molar-refractivity contribution >= 4 is 37.8 Å². The molecule has 0 aliphatic heterocycles. The van der Waals surface area contributed by atoms with E-state index in [9.17, 15) is 4.79 Å². The predicted octanol–water partition coefficient (Wildman–Crippen LogP) is 3.02. The molecule has 0 aromatic heterocycles. The first kappa shape index (κ1) is 20.1. The minimum atomic E-state index is -0.747. The number of hydrogen-bond donors (Lipinski definition) is 3. The van der Waals surface area contributed by atoms with Crippen LogP contribution >= 0.6 is 31.9 Å². The van der Waals surface area contributed by atoms with E-state index in [0.717, 1.165) is 20.1 Å². The summed E-state index contributed by atoms with van der Waals surface area (Å²) in [5.74, 6) is -0.0630. The van der Waals surface area contributed by atoms with E-state index in [1.165, 1.54) is 0 Å². The Kier molecular flexibility index (Phi) is 7.62. The monoisotopic (exact) mass is 467 g/mol. The molecule has 2 rings (SSSR count). The number of halogens is 2. The van der Waals surface area contributed by atoms with Gasteiger partial charge in [0.15, 0.2) is 0 Å². The van der Waals surface area contributed by atoms with Gasteiger partial charge in [-0.05, 0) is 36.1 Å². The maximum atomic E-state index is 13.0. The van der Waals surface area contributed by atoms with Crippen LogP contribution < -0.4 is 16.8 Å². The summed E-state index contributed by atoms with van der Waals surface area (Å²) >= 11 is 7.16. The van der Waals surface area contributed by atoms with E-state index in [1.54, 1.807) is 0 Å². The Morgan fingerprint density at radius 1 is 0.920 bits per heavy atom. The Morgan fingerprint density at radius 2 is 1.40 bits per heavy atom. The van der Waals surface area contributed by atoms with E-state index in [0.29, 0.717) is 25.9 Å². The summed E-state index contributed by atoms with van der Waals surface area (Å²) in [6.45, 7) is 1.08. The zero-order valence-corrected chi connectivity index (χ0v) is 17.1. The molecule has 0 saturated heterocycles. The third-order valence-electron chi connectivity index (χ3n) is 4.28. The summed E-state index contributed by atoms with van der Waals surface area (Å²) in [5.41, 5.74) is 13.1. The van der Waals surface area contributed by atoms with E-state index in [1.807, 2.05) is 48.5 Å². The van der Waals surface area contributed by atoms with Crippen molar-refractivity contribution in [2.45, 2.75) is 12.8 Å². The lowest BCUT2D eigenvalue weighted by atomic mass is 9.75. The fourth-order valence-corrected chi connectivity index (χ4v) is 3.70. The maximum absolute atomic E-state index is 13.0. The highest BCUT2D eigenvalue weighted by Gasteiger charge is 2.38. The number of rotatable bonds is 8. The van der Waals surface area contributed by atoms with Gasteiger partial charge < -0.3 is 16.8 Å². The Hall–Kier alpha value is -1.21. The summed E-state index contributed by atoms with van der Waals surface area (Å²) in [5, 5.41) is 2.93. The molecule has 0 atom stereocenters. The predicted molar refractivity (Wildman–Crippen MR) is 109 cm³/mol. The molecule has 134 valence electrons. The van der Waals surface area contributed by atoms with Crippen molar-refractivity contribution in [1.82, 2.24) is 5.32 Å². The molecule has 0 radical (unpaired) electrons. The normalized spacial score (nSPS) is 11.4. The lowest BCUT2D eigenvalue weighted by molar-refractivity contribution is -0.130. The van der Waals surface area contributed by atoms with Gasteiger partial charge >= 0.3 is 0 Å². The molecule has 0 unspecified atom stereocenters. The van der Waals surface area contributed by atoms with Crippen molar-refractivity contribution in [3.63, 3.8) is 0 Å². The zero-order chi connectivity index (χ0) is 18.3. The van der Waals surface area contributed by atoms with Crippen LogP contribution in [0.15, 0.2) is 57.5 Å². The van der Waals surface area contributed by atoms with Crippen LogP contribution in [0.1, 0.15) is 11.1 Å². The molecule has 1 amide bonds. The Morgan fingerprint density at radius 3 is 1.80 bits per heavy atom. The van der Waals surface area contributed by atoms with Crippen LogP contribution in [0.3, 0.4) is 0 Å². The molecule has 0 aliphatic carbocycles. The SMILES string of the molecule is NCCNC(=O)C(CN)(Cc1ccccc1Br)Cc1ccccc1Br. The summed E-state index contributed by atoms with van der Waals surface area (Å²) in [6.07, 6.45) is 1.09. The largest absolute Gasteiger partial charge is 0.354 e. The first-order valence-electron chi connectivity index (χ1n) is 8.17. The second-order valence-corrected chi connectivity index (χ2v) is 7.77. The van der Waals surface area contributed by atoms with Gasteiger partial charge in [-0.1, -0.05) is 68.3 Å². The van der Waals surface area contributed by atoms with Crippen LogP contribution in [0, 0.1) is 5.41 Å². The molecule has 0 spiro atoms. The van der Waals surface area contributed by atoms with Crippen LogP contribution in [-0.4, -0.2) is 25.5 Å². The van der Waals surface area contributed by atoms with Gasteiger partial charge in [0.1, 0.15) is 0 Å². The number of carbonyl (C=O) groups excluding carboxylic acids is 1. The number of hydrogen-bond acceptors (Lipinski definition) is 3. The smallest absolute Gasteiger partial charge is 0.228 e. The van der Waals surface area contributed by atoms with Crippen LogP contribution in [-0.2, 0) is 17.6 Å². The Labute approximate surface area is 165 Å². The molecule has 6 heteroatoms. The minimum absolute atomic E-state index is 0.0630. The van der Waals surface area contributed by atoms with Crippen molar-refractivity contribution in [3.05, 3.63) is 68.6 Å². The highest BCUT2D eigenvalue weighted by molar-refractivity contribution is 9.10. The van der Waals surface area contributed by atoms with Gasteiger partial charge in [0.2, 0.25) is 5.91 Å². The van der Waals surface area contributed by atoms with E-state index >= 15 is 0 Å². The average Bonchev–Trinajstić information content (AvgIpc) is 2.62. The second kappa shape index (κ2) is 9.48. The average molecular weight is 469 g/mol. The Bertz CT molecular complexity index is 674. The maximum Gasteiger partial charge on any atom is 0.228 e. The van der Waals surface area contributed by atoms with Crippen molar-refractivity contribution in [1.29, 1.82) is 0 Å². The van der Waals surface area contributed by atoms with E-state index in [-0.39, 0.29) is 12.5 Å². The molecule has 2 aromatic rings. The number of amides is 1. The summed E-state index contributed by atoms with van der Waals surface area (Å²) in [7, 11) is 0. The van der Waals surface area contributed by atoms with Gasteiger partial charge in [-0.2, -0.15) is 0 Å². The number of nitrogens with two attached hydrogens (primary N) is 2.